The minimum atomic E-state index is -0.195. The molecule has 0 saturated heterocycles. The number of hydrogen-bond donors (Lipinski definition) is 2. The van der Waals surface area contributed by atoms with Crippen molar-refractivity contribution < 1.29 is 9.53 Å². The summed E-state index contributed by atoms with van der Waals surface area (Å²) in [4.78, 5) is 12.4. The number of nitrogens with two attached hydrogens (primary N) is 1. The number of anilines is 2. The number of unbranched alkanes of at least 4 members (excludes halogenated alkanes) is 3. The van der Waals surface area contributed by atoms with E-state index in [1.54, 1.807) is 24.3 Å². The van der Waals surface area contributed by atoms with Gasteiger partial charge in [0, 0.05) is 11.4 Å². The van der Waals surface area contributed by atoms with Crippen LogP contribution in [0.5, 0.6) is 5.75 Å². The molecule has 0 bridgehead atoms. The fourth-order valence-corrected chi connectivity index (χ4v) is 2.31. The summed E-state index contributed by atoms with van der Waals surface area (Å²) in [7, 11) is 0. The molecule has 1 amide bonds. The van der Waals surface area contributed by atoms with Gasteiger partial charge in [-0.2, -0.15) is 0 Å². The fraction of sp³-hybridized carbons (Fsp3) is 0.316. The Labute approximate surface area is 137 Å². The molecule has 122 valence electrons. The lowest BCUT2D eigenvalue weighted by atomic mass is 10.1. The molecule has 0 atom stereocenters. The van der Waals surface area contributed by atoms with Crippen molar-refractivity contribution in [3.63, 3.8) is 0 Å². The van der Waals surface area contributed by atoms with E-state index in [1.165, 1.54) is 12.8 Å². The number of carbonyl (C=O) groups is 1. The topological polar surface area (TPSA) is 64.3 Å². The van der Waals surface area contributed by atoms with Crippen LogP contribution >= 0.6 is 0 Å². The van der Waals surface area contributed by atoms with Crippen LogP contribution in [0.1, 0.15) is 43.0 Å². The molecule has 0 heterocycles. The average Bonchev–Trinajstić information content (AvgIpc) is 2.55. The smallest absolute Gasteiger partial charge is 0.259 e. The number of para-hydroxylation sites is 1. The molecule has 0 aliphatic rings. The minimum absolute atomic E-state index is 0.195. The molecule has 4 nitrogen and oxygen atoms in total. The molecule has 0 unspecified atom stereocenters. The highest BCUT2D eigenvalue weighted by molar-refractivity contribution is 6.06. The van der Waals surface area contributed by atoms with E-state index in [9.17, 15) is 4.79 Å². The number of rotatable bonds is 8. The number of hydrogen-bond acceptors (Lipinski definition) is 3. The second kappa shape index (κ2) is 8.83. The number of amides is 1. The molecule has 0 spiro atoms. The summed E-state index contributed by atoms with van der Waals surface area (Å²) in [6, 6.07) is 14.4. The van der Waals surface area contributed by atoms with Crippen molar-refractivity contribution in [2.24, 2.45) is 0 Å². The summed E-state index contributed by atoms with van der Waals surface area (Å²) < 4.78 is 5.78. The van der Waals surface area contributed by atoms with Crippen LogP contribution in [-0.4, -0.2) is 12.5 Å². The van der Waals surface area contributed by atoms with E-state index < -0.39 is 0 Å². The zero-order valence-electron chi connectivity index (χ0n) is 13.5. The SMILES string of the molecule is CCCCCCOc1ccccc1C(=O)Nc1cccc(N)c1. The quantitative estimate of drug-likeness (QED) is 0.558. The number of benzene rings is 2. The molecule has 0 aliphatic carbocycles. The molecule has 2 rings (SSSR count). The van der Waals surface area contributed by atoms with Crippen molar-refractivity contribution in [3.8, 4) is 5.75 Å². The lowest BCUT2D eigenvalue weighted by Crippen LogP contribution is -2.14. The molecule has 0 aliphatic heterocycles. The lowest BCUT2D eigenvalue weighted by molar-refractivity contribution is 0.102. The van der Waals surface area contributed by atoms with Crippen molar-refractivity contribution in [1.82, 2.24) is 0 Å². The van der Waals surface area contributed by atoms with Gasteiger partial charge in [-0.1, -0.05) is 44.4 Å². The first kappa shape index (κ1) is 16.9. The number of carbonyl (C=O) groups excluding carboxylic acids is 1. The third-order valence-electron chi connectivity index (χ3n) is 3.53. The zero-order chi connectivity index (χ0) is 16.5. The van der Waals surface area contributed by atoms with Crippen LogP contribution < -0.4 is 15.8 Å². The Hall–Kier alpha value is -2.49. The molecule has 2 aromatic rings. The van der Waals surface area contributed by atoms with Gasteiger partial charge < -0.3 is 15.8 Å². The van der Waals surface area contributed by atoms with Crippen LogP contribution in [0.4, 0.5) is 11.4 Å². The normalized spacial score (nSPS) is 10.3. The van der Waals surface area contributed by atoms with E-state index in [0.717, 1.165) is 12.8 Å². The molecule has 0 fully saturated rings. The van der Waals surface area contributed by atoms with Crippen LogP contribution in [0.2, 0.25) is 0 Å². The maximum atomic E-state index is 12.4. The van der Waals surface area contributed by atoms with E-state index in [-0.39, 0.29) is 5.91 Å². The molecule has 3 N–H and O–H groups in total. The van der Waals surface area contributed by atoms with Crippen LogP contribution in [0.25, 0.3) is 0 Å². The lowest BCUT2D eigenvalue weighted by Gasteiger charge is -2.12. The van der Waals surface area contributed by atoms with Crippen molar-refractivity contribution in [3.05, 3.63) is 54.1 Å². The molecule has 23 heavy (non-hydrogen) atoms. The van der Waals surface area contributed by atoms with E-state index in [2.05, 4.69) is 12.2 Å². The largest absolute Gasteiger partial charge is 0.493 e. The van der Waals surface area contributed by atoms with Crippen molar-refractivity contribution in [1.29, 1.82) is 0 Å². The van der Waals surface area contributed by atoms with Crippen molar-refractivity contribution >= 4 is 17.3 Å². The Morgan fingerprint density at radius 3 is 2.70 bits per heavy atom. The summed E-state index contributed by atoms with van der Waals surface area (Å²) in [5.41, 5.74) is 7.55. The predicted octanol–water partition coefficient (Wildman–Crippen LogP) is 4.48. The van der Waals surface area contributed by atoms with E-state index in [1.807, 2.05) is 24.3 Å². The molecule has 0 aromatic heterocycles. The maximum Gasteiger partial charge on any atom is 0.259 e. The van der Waals surface area contributed by atoms with Gasteiger partial charge >= 0.3 is 0 Å². The summed E-state index contributed by atoms with van der Waals surface area (Å²) in [6.45, 7) is 2.80. The summed E-state index contributed by atoms with van der Waals surface area (Å²) >= 11 is 0. The average molecular weight is 312 g/mol. The molecule has 2 aromatic carbocycles. The third kappa shape index (κ3) is 5.33. The molecule has 0 saturated carbocycles. The predicted molar refractivity (Wildman–Crippen MR) is 94.9 cm³/mol. The zero-order valence-corrected chi connectivity index (χ0v) is 13.5. The van der Waals surface area contributed by atoms with Gasteiger partial charge in [-0.25, -0.2) is 0 Å². The third-order valence-corrected chi connectivity index (χ3v) is 3.53. The summed E-state index contributed by atoms with van der Waals surface area (Å²) in [5.74, 6) is 0.421. The maximum absolute atomic E-state index is 12.4. The Bertz CT molecular complexity index is 641. The van der Waals surface area contributed by atoms with E-state index in [4.69, 9.17) is 10.5 Å². The highest BCUT2D eigenvalue weighted by Gasteiger charge is 2.12. The van der Waals surface area contributed by atoms with Gasteiger partial charge in [0.1, 0.15) is 5.75 Å². The number of nitrogens with one attached hydrogen (secondary N) is 1. The van der Waals surface area contributed by atoms with Gasteiger partial charge in [-0.3, -0.25) is 4.79 Å². The Morgan fingerprint density at radius 1 is 1.09 bits per heavy atom. The Balaban J connectivity index is 1.99. The first-order valence-corrected chi connectivity index (χ1v) is 8.09. The van der Waals surface area contributed by atoms with Gasteiger partial charge in [-0.15, -0.1) is 0 Å². The summed E-state index contributed by atoms with van der Waals surface area (Å²) in [6.07, 6.45) is 4.55. The molecule has 4 heteroatoms. The highest BCUT2D eigenvalue weighted by atomic mass is 16.5. The van der Waals surface area contributed by atoms with Gasteiger partial charge in [0.05, 0.1) is 12.2 Å². The molecular formula is C19H24N2O2. The van der Waals surface area contributed by atoms with Crippen LogP contribution in [0, 0.1) is 0 Å². The van der Waals surface area contributed by atoms with Gasteiger partial charge in [0.25, 0.3) is 5.91 Å². The first-order chi connectivity index (χ1) is 11.2. The summed E-state index contributed by atoms with van der Waals surface area (Å²) in [5, 5.41) is 2.85. The van der Waals surface area contributed by atoms with Crippen LogP contribution in [0.15, 0.2) is 48.5 Å². The Morgan fingerprint density at radius 2 is 1.91 bits per heavy atom. The number of ether oxygens (including phenoxy) is 1. The second-order valence-electron chi connectivity index (χ2n) is 5.48. The van der Waals surface area contributed by atoms with Gasteiger partial charge in [0.15, 0.2) is 0 Å². The number of nitrogen functional groups attached to an aromatic ring is 1. The van der Waals surface area contributed by atoms with Gasteiger partial charge in [0.2, 0.25) is 0 Å². The highest BCUT2D eigenvalue weighted by Crippen LogP contribution is 2.21. The van der Waals surface area contributed by atoms with Crippen molar-refractivity contribution in [2.45, 2.75) is 32.6 Å². The standard InChI is InChI=1S/C19H24N2O2/c1-2-3-4-7-13-23-18-12-6-5-11-17(18)19(22)21-16-10-8-9-15(20)14-16/h5-6,8-12,14H,2-4,7,13,20H2,1H3,(H,21,22). The first-order valence-electron chi connectivity index (χ1n) is 8.09. The van der Waals surface area contributed by atoms with Crippen LogP contribution in [-0.2, 0) is 0 Å². The second-order valence-corrected chi connectivity index (χ2v) is 5.48. The monoisotopic (exact) mass is 312 g/mol. The van der Waals surface area contributed by atoms with E-state index in [0.29, 0.717) is 29.3 Å². The Kier molecular flexibility index (Phi) is 6.48. The minimum Gasteiger partial charge on any atom is -0.493 e. The molecular weight excluding hydrogens is 288 g/mol. The van der Waals surface area contributed by atoms with Crippen molar-refractivity contribution in [2.75, 3.05) is 17.7 Å². The van der Waals surface area contributed by atoms with E-state index >= 15 is 0 Å². The van der Waals surface area contributed by atoms with Crippen LogP contribution in [0.3, 0.4) is 0 Å². The fourth-order valence-electron chi connectivity index (χ4n) is 2.31. The molecule has 0 radical (unpaired) electrons. The van der Waals surface area contributed by atoms with Gasteiger partial charge in [-0.05, 0) is 36.8 Å².